The molecule has 5 aromatic heterocycles. The zero-order valence-corrected chi connectivity index (χ0v) is 41.7. The predicted octanol–water partition coefficient (Wildman–Crippen LogP) is 7.93. The number of hydrogen-bond acceptors (Lipinski definition) is 12. The summed E-state index contributed by atoms with van der Waals surface area (Å²) in [6, 6.07) is 44.7. The molecule has 0 fully saturated rings. The van der Waals surface area contributed by atoms with Crippen LogP contribution in [0.4, 0.5) is 0 Å². The second-order valence-electron chi connectivity index (χ2n) is 14.4. The first-order valence-electron chi connectivity index (χ1n) is 20.9. The summed E-state index contributed by atoms with van der Waals surface area (Å²) in [4.78, 5) is 59.0. The Morgan fingerprint density at radius 3 is 1.78 bits per heavy atom. The van der Waals surface area contributed by atoms with Gasteiger partial charge in [-0.05, 0) is 96.0 Å². The van der Waals surface area contributed by atoms with E-state index < -0.39 is 33.4 Å². The SMILES string of the molecule is Cc1ccnc(-c2cc(C(=O)NC(CS(C)(=O)=O)C(=O)NCCCCC(=O)NCCSSc3ccccn3)ccn2)c1.[Ir].[c-]1ccccc1-c1ccccn1.[c-]1ccccc1-c1ccccn1. The van der Waals surface area contributed by atoms with Gasteiger partial charge in [0.25, 0.3) is 5.91 Å². The fraction of sp³-hybridized carbons (Fsp3) is 0.200. The first kappa shape index (κ1) is 53.5. The molecule has 1 unspecified atom stereocenters. The molecule has 0 aliphatic carbocycles. The van der Waals surface area contributed by atoms with Crippen LogP contribution in [0.15, 0.2) is 163 Å². The Hall–Kier alpha value is -6.10. The molecule has 349 valence electrons. The number of sulfone groups is 1. The van der Waals surface area contributed by atoms with Crippen LogP contribution in [0, 0.1) is 19.1 Å². The molecule has 67 heavy (non-hydrogen) atoms. The van der Waals surface area contributed by atoms with Crippen LogP contribution < -0.4 is 16.0 Å². The number of benzene rings is 2. The van der Waals surface area contributed by atoms with Crippen molar-refractivity contribution in [3.63, 3.8) is 0 Å². The Kier molecular flexibility index (Phi) is 23.6. The van der Waals surface area contributed by atoms with Gasteiger partial charge in [0, 0.05) is 88.2 Å². The van der Waals surface area contributed by atoms with Gasteiger partial charge in [-0.3, -0.25) is 24.4 Å². The van der Waals surface area contributed by atoms with E-state index in [1.807, 2.05) is 122 Å². The summed E-state index contributed by atoms with van der Waals surface area (Å²) in [5.74, 6) is -1.12. The summed E-state index contributed by atoms with van der Waals surface area (Å²) in [6.07, 6.45) is 10.8. The summed E-state index contributed by atoms with van der Waals surface area (Å²) in [6.45, 7) is 2.68. The molecule has 0 saturated heterocycles. The molecule has 5 heterocycles. The number of aromatic nitrogens is 5. The van der Waals surface area contributed by atoms with Crippen LogP contribution in [0.2, 0.25) is 0 Å². The van der Waals surface area contributed by atoms with Gasteiger partial charge in [-0.15, -0.1) is 71.8 Å². The Bertz CT molecular complexity index is 2510. The molecule has 3 N–H and O–H groups in total. The number of unbranched alkanes of at least 4 members (excludes halogenated alkanes) is 1. The smallest absolute Gasteiger partial charge is 0.252 e. The van der Waals surface area contributed by atoms with Crippen LogP contribution in [0.3, 0.4) is 0 Å². The van der Waals surface area contributed by atoms with Gasteiger partial charge >= 0.3 is 0 Å². The second-order valence-corrected chi connectivity index (χ2v) is 19.0. The van der Waals surface area contributed by atoms with Crippen molar-refractivity contribution >= 4 is 49.1 Å². The van der Waals surface area contributed by atoms with Crippen LogP contribution >= 0.6 is 21.6 Å². The summed E-state index contributed by atoms with van der Waals surface area (Å²) in [5.41, 5.74) is 6.28. The Morgan fingerprint density at radius 2 is 1.22 bits per heavy atom. The zero-order chi connectivity index (χ0) is 46.8. The Morgan fingerprint density at radius 1 is 0.642 bits per heavy atom. The minimum Gasteiger partial charge on any atom is -0.355 e. The van der Waals surface area contributed by atoms with Gasteiger partial charge in [-0.25, -0.2) is 13.4 Å². The molecule has 7 aromatic rings. The molecule has 1 radical (unpaired) electrons. The number of nitrogens with one attached hydrogen (secondary N) is 3. The maximum absolute atomic E-state index is 13.0. The van der Waals surface area contributed by atoms with Gasteiger partial charge in [0.05, 0.1) is 17.1 Å². The van der Waals surface area contributed by atoms with Crippen molar-refractivity contribution in [1.29, 1.82) is 0 Å². The average Bonchev–Trinajstić information content (AvgIpc) is 3.35. The quantitative estimate of drug-likeness (QED) is 0.0429. The molecule has 0 saturated carbocycles. The normalized spacial score (nSPS) is 10.9. The molecule has 0 aliphatic rings. The number of carbonyl (C=O) groups is 3. The zero-order valence-electron chi connectivity index (χ0n) is 36.9. The number of nitrogens with zero attached hydrogens (tertiary/aromatic N) is 5. The van der Waals surface area contributed by atoms with Gasteiger partial charge < -0.3 is 25.9 Å². The first-order chi connectivity index (χ1) is 32.0. The third-order valence-corrected chi connectivity index (χ3v) is 12.2. The standard InChI is InChI=1S/C28H34N6O5S3.2C11H8N.Ir/c1-20-9-13-29-22(17-20)23-18-21(10-14-30-23)27(36)34-24(19-42(2,38)39)28(37)33-12-5-3-7-25(35)31-15-16-40-41-26-8-4-6-11-32-26;2*1-2-6-10(7-3-1)11-8-4-5-9-12-11;/h4,6,8-11,13-14,17-18,24H,3,5,7,12,15-16,19H2,1-2H3,(H,31,35)(H,33,37)(H,34,36);2*1-6,8-9H;/q;2*-1;. The predicted molar refractivity (Wildman–Crippen MR) is 263 cm³/mol. The van der Waals surface area contributed by atoms with Crippen molar-refractivity contribution in [1.82, 2.24) is 40.9 Å². The number of amides is 3. The number of pyridine rings is 5. The molecule has 17 heteroatoms. The minimum atomic E-state index is -3.59. The van der Waals surface area contributed by atoms with Crippen LogP contribution in [0.1, 0.15) is 35.2 Å². The number of carbonyl (C=O) groups excluding carboxylic acids is 3. The molecule has 1 atom stereocenters. The fourth-order valence-corrected chi connectivity index (χ4v) is 8.45. The summed E-state index contributed by atoms with van der Waals surface area (Å²) in [5, 5.41) is 8.98. The molecule has 0 aliphatic heterocycles. The van der Waals surface area contributed by atoms with Crippen molar-refractivity contribution < 1.29 is 42.9 Å². The molecule has 13 nitrogen and oxygen atoms in total. The summed E-state index contributed by atoms with van der Waals surface area (Å²) < 4.78 is 24.0. The van der Waals surface area contributed by atoms with Gasteiger partial charge in [0.2, 0.25) is 11.8 Å². The molecule has 2 aromatic carbocycles. The monoisotopic (exact) mass is 1130 g/mol. The number of hydrogen-bond donors (Lipinski definition) is 3. The summed E-state index contributed by atoms with van der Waals surface area (Å²) in [7, 11) is -0.427. The van der Waals surface area contributed by atoms with E-state index in [1.165, 1.54) is 18.3 Å². The van der Waals surface area contributed by atoms with Gasteiger partial charge in [0.15, 0.2) is 0 Å². The van der Waals surface area contributed by atoms with Gasteiger partial charge in [-0.1, -0.05) is 41.1 Å². The van der Waals surface area contributed by atoms with Gasteiger partial charge in [-0.2, -0.15) is 0 Å². The number of aryl methyl sites for hydroxylation is 1. The topological polar surface area (TPSA) is 186 Å². The van der Waals surface area contributed by atoms with Crippen LogP contribution in [-0.4, -0.2) is 88.0 Å². The van der Waals surface area contributed by atoms with E-state index in [9.17, 15) is 22.8 Å². The van der Waals surface area contributed by atoms with E-state index >= 15 is 0 Å². The van der Waals surface area contributed by atoms with Crippen molar-refractivity contribution in [2.45, 2.75) is 37.3 Å². The van der Waals surface area contributed by atoms with Crippen molar-refractivity contribution in [2.75, 3.05) is 30.9 Å². The van der Waals surface area contributed by atoms with Crippen LogP contribution in [0.5, 0.6) is 0 Å². The average molecular weight is 1130 g/mol. The number of rotatable bonds is 18. The van der Waals surface area contributed by atoms with E-state index in [1.54, 1.807) is 46.4 Å². The van der Waals surface area contributed by atoms with E-state index in [0.717, 1.165) is 45.1 Å². The van der Waals surface area contributed by atoms with E-state index in [-0.39, 0.29) is 38.1 Å². The third kappa shape index (κ3) is 20.5. The van der Waals surface area contributed by atoms with E-state index in [0.29, 0.717) is 37.2 Å². The van der Waals surface area contributed by atoms with Crippen molar-refractivity contribution in [3.05, 3.63) is 182 Å². The van der Waals surface area contributed by atoms with Crippen molar-refractivity contribution in [2.24, 2.45) is 0 Å². The Balaban J connectivity index is 0.000000313. The summed E-state index contributed by atoms with van der Waals surface area (Å²) >= 11 is 0. The van der Waals surface area contributed by atoms with Gasteiger partial charge in [0.1, 0.15) is 20.9 Å². The molecule has 3 amide bonds. The largest absolute Gasteiger partial charge is 0.355 e. The maximum Gasteiger partial charge on any atom is 0.252 e. The molecular weight excluding hydrogens is 1080 g/mol. The van der Waals surface area contributed by atoms with E-state index in [4.69, 9.17) is 0 Å². The Labute approximate surface area is 414 Å². The van der Waals surface area contributed by atoms with Crippen LogP contribution in [0.25, 0.3) is 33.9 Å². The molecule has 0 bridgehead atoms. The second kappa shape index (κ2) is 29.5. The van der Waals surface area contributed by atoms with Crippen LogP contribution in [-0.2, 0) is 39.5 Å². The maximum atomic E-state index is 13.0. The van der Waals surface area contributed by atoms with E-state index in [2.05, 4.69) is 53.0 Å². The third-order valence-electron chi connectivity index (χ3n) is 9.01. The molecular formula is C50H50IrN8O5S3-2. The van der Waals surface area contributed by atoms with Crippen molar-refractivity contribution in [3.8, 4) is 33.9 Å². The minimum absolute atomic E-state index is 0. The fourth-order valence-electron chi connectivity index (χ4n) is 5.83. The molecule has 7 rings (SSSR count). The molecule has 0 spiro atoms. The first-order valence-corrected chi connectivity index (χ1v) is 25.3.